The molecule has 0 bridgehead atoms. The Balaban J connectivity index is 2.45. The first kappa shape index (κ1) is 11.5. The van der Waals surface area contributed by atoms with Gasteiger partial charge in [-0.25, -0.2) is 8.78 Å². The van der Waals surface area contributed by atoms with E-state index in [1.165, 1.54) is 6.07 Å². The highest BCUT2D eigenvalue weighted by Crippen LogP contribution is 2.36. The Bertz CT molecular complexity index is 395. The van der Waals surface area contributed by atoms with Crippen molar-refractivity contribution in [3.8, 4) is 0 Å². The first-order valence-electron chi connectivity index (χ1n) is 5.78. The van der Waals surface area contributed by atoms with Crippen molar-refractivity contribution in [2.45, 2.75) is 44.6 Å². The second kappa shape index (κ2) is 4.13. The summed E-state index contributed by atoms with van der Waals surface area (Å²) >= 11 is 0. The molecule has 88 valence electrons. The lowest BCUT2D eigenvalue weighted by Gasteiger charge is -2.34. The van der Waals surface area contributed by atoms with Gasteiger partial charge in [0.15, 0.2) is 11.6 Å². The average molecular weight is 225 g/mol. The van der Waals surface area contributed by atoms with Crippen LogP contribution in [0.2, 0.25) is 0 Å². The number of hydrogen-bond donors (Lipinski definition) is 1. The third kappa shape index (κ3) is 1.96. The molecule has 0 saturated heterocycles. The molecule has 3 heteroatoms. The van der Waals surface area contributed by atoms with E-state index in [0.29, 0.717) is 5.56 Å². The normalized spacial score (nSPS) is 19.8. The van der Waals surface area contributed by atoms with Crippen molar-refractivity contribution in [1.82, 2.24) is 0 Å². The highest BCUT2D eigenvalue weighted by atomic mass is 19.2. The number of rotatable bonds is 1. The van der Waals surface area contributed by atoms with E-state index in [-0.39, 0.29) is 0 Å². The fourth-order valence-corrected chi connectivity index (χ4v) is 2.54. The second-order valence-corrected chi connectivity index (χ2v) is 4.83. The van der Waals surface area contributed by atoms with Crippen LogP contribution in [0.3, 0.4) is 0 Å². The quantitative estimate of drug-likeness (QED) is 0.779. The third-order valence-corrected chi connectivity index (χ3v) is 3.45. The first-order chi connectivity index (χ1) is 7.53. The van der Waals surface area contributed by atoms with Crippen LogP contribution in [0.5, 0.6) is 0 Å². The van der Waals surface area contributed by atoms with Gasteiger partial charge in [-0.3, -0.25) is 0 Å². The summed E-state index contributed by atoms with van der Waals surface area (Å²) in [7, 11) is 0. The van der Waals surface area contributed by atoms with Gasteiger partial charge in [-0.15, -0.1) is 0 Å². The minimum absolute atomic E-state index is 0.352. The highest BCUT2D eigenvalue weighted by molar-refractivity contribution is 5.31. The van der Waals surface area contributed by atoms with Gasteiger partial charge in [-0.05, 0) is 31.4 Å². The van der Waals surface area contributed by atoms with Crippen molar-refractivity contribution in [2.75, 3.05) is 0 Å². The van der Waals surface area contributed by atoms with E-state index in [1.807, 2.05) is 0 Å². The SMILES string of the molecule is Cc1cc(F)c(F)c(C2(N)CCCCC2)c1. The van der Waals surface area contributed by atoms with Gasteiger partial charge in [-0.1, -0.05) is 25.3 Å². The molecule has 0 amide bonds. The van der Waals surface area contributed by atoms with Crippen LogP contribution in [0.4, 0.5) is 8.78 Å². The molecule has 1 aliphatic carbocycles. The summed E-state index contributed by atoms with van der Waals surface area (Å²) in [6, 6.07) is 2.90. The lowest BCUT2D eigenvalue weighted by molar-refractivity contribution is 0.289. The van der Waals surface area contributed by atoms with Crippen LogP contribution < -0.4 is 5.73 Å². The predicted octanol–water partition coefficient (Wildman–Crippen LogP) is 3.39. The summed E-state index contributed by atoms with van der Waals surface area (Å²) in [5.74, 6) is -1.56. The molecule has 0 aliphatic heterocycles. The Hall–Kier alpha value is -0.960. The van der Waals surface area contributed by atoms with Crippen LogP contribution in [0, 0.1) is 18.6 Å². The zero-order valence-electron chi connectivity index (χ0n) is 9.52. The van der Waals surface area contributed by atoms with E-state index in [4.69, 9.17) is 5.73 Å². The molecule has 0 atom stereocenters. The number of halogens is 2. The molecule has 0 spiro atoms. The standard InChI is InChI=1S/C13H17F2N/c1-9-7-10(12(15)11(14)8-9)13(16)5-3-2-4-6-13/h7-8H,2-6,16H2,1H3. The minimum Gasteiger partial charge on any atom is -0.321 e. The summed E-state index contributed by atoms with van der Waals surface area (Å²) in [6.07, 6.45) is 4.60. The molecule has 0 unspecified atom stereocenters. The Kier molecular flexibility index (Phi) is 2.98. The predicted molar refractivity (Wildman–Crippen MR) is 60.0 cm³/mol. The molecule has 1 aromatic carbocycles. The highest BCUT2D eigenvalue weighted by Gasteiger charge is 2.33. The van der Waals surface area contributed by atoms with E-state index in [1.54, 1.807) is 13.0 Å². The van der Waals surface area contributed by atoms with Gasteiger partial charge in [0.2, 0.25) is 0 Å². The smallest absolute Gasteiger partial charge is 0.163 e. The summed E-state index contributed by atoms with van der Waals surface area (Å²) in [5.41, 5.74) is 6.62. The van der Waals surface area contributed by atoms with Gasteiger partial charge in [0.05, 0.1) is 0 Å². The number of nitrogens with two attached hydrogens (primary N) is 1. The molecule has 1 nitrogen and oxygen atoms in total. The molecule has 2 N–H and O–H groups in total. The monoisotopic (exact) mass is 225 g/mol. The number of hydrogen-bond acceptors (Lipinski definition) is 1. The zero-order valence-corrected chi connectivity index (χ0v) is 9.52. The maximum absolute atomic E-state index is 13.8. The van der Waals surface area contributed by atoms with Crippen molar-refractivity contribution < 1.29 is 8.78 Å². The molecule has 1 fully saturated rings. The number of aryl methyl sites for hydroxylation is 1. The van der Waals surface area contributed by atoms with Gasteiger partial charge >= 0.3 is 0 Å². The van der Waals surface area contributed by atoms with Crippen LogP contribution >= 0.6 is 0 Å². The minimum atomic E-state index is -0.787. The van der Waals surface area contributed by atoms with Crippen molar-refractivity contribution in [3.63, 3.8) is 0 Å². The fourth-order valence-electron chi connectivity index (χ4n) is 2.54. The Labute approximate surface area is 94.7 Å². The topological polar surface area (TPSA) is 26.0 Å². The molecular weight excluding hydrogens is 208 g/mol. The Morgan fingerprint density at radius 1 is 1.12 bits per heavy atom. The molecule has 0 heterocycles. The molecule has 16 heavy (non-hydrogen) atoms. The molecule has 1 saturated carbocycles. The van der Waals surface area contributed by atoms with Gasteiger partial charge in [0.1, 0.15) is 0 Å². The van der Waals surface area contributed by atoms with E-state index < -0.39 is 17.2 Å². The van der Waals surface area contributed by atoms with Crippen LogP contribution in [0.1, 0.15) is 43.2 Å². The van der Waals surface area contributed by atoms with Gasteiger partial charge in [-0.2, -0.15) is 0 Å². The second-order valence-electron chi connectivity index (χ2n) is 4.83. The molecule has 1 aliphatic rings. The molecule has 0 radical (unpaired) electrons. The molecule has 0 aromatic heterocycles. The third-order valence-electron chi connectivity index (χ3n) is 3.45. The fraction of sp³-hybridized carbons (Fsp3) is 0.538. The summed E-state index contributed by atoms with van der Waals surface area (Å²) in [6.45, 7) is 1.76. The van der Waals surface area contributed by atoms with E-state index >= 15 is 0 Å². The van der Waals surface area contributed by atoms with Crippen LogP contribution in [-0.2, 0) is 5.54 Å². The maximum Gasteiger partial charge on any atom is 0.163 e. The van der Waals surface area contributed by atoms with E-state index in [9.17, 15) is 8.78 Å². The summed E-state index contributed by atoms with van der Waals surface area (Å²) in [5, 5.41) is 0. The van der Waals surface area contributed by atoms with Crippen molar-refractivity contribution in [2.24, 2.45) is 5.73 Å². The van der Waals surface area contributed by atoms with Gasteiger partial charge in [0.25, 0.3) is 0 Å². The van der Waals surface area contributed by atoms with Crippen LogP contribution in [0.15, 0.2) is 12.1 Å². The lowest BCUT2D eigenvalue weighted by Crippen LogP contribution is -2.39. The van der Waals surface area contributed by atoms with E-state index in [2.05, 4.69) is 0 Å². The van der Waals surface area contributed by atoms with Crippen molar-refractivity contribution >= 4 is 0 Å². The van der Waals surface area contributed by atoms with Gasteiger partial charge in [0, 0.05) is 11.1 Å². The van der Waals surface area contributed by atoms with E-state index in [0.717, 1.165) is 37.7 Å². The average Bonchev–Trinajstić information content (AvgIpc) is 2.24. The maximum atomic E-state index is 13.8. The first-order valence-corrected chi connectivity index (χ1v) is 5.78. The molecule has 2 rings (SSSR count). The van der Waals surface area contributed by atoms with Crippen LogP contribution in [-0.4, -0.2) is 0 Å². The lowest BCUT2D eigenvalue weighted by atomic mass is 9.77. The Morgan fingerprint density at radius 2 is 1.75 bits per heavy atom. The Morgan fingerprint density at radius 3 is 2.38 bits per heavy atom. The van der Waals surface area contributed by atoms with Crippen LogP contribution in [0.25, 0.3) is 0 Å². The zero-order chi connectivity index (χ0) is 11.8. The van der Waals surface area contributed by atoms with Gasteiger partial charge < -0.3 is 5.73 Å². The largest absolute Gasteiger partial charge is 0.321 e. The molecular formula is C13H17F2N. The summed E-state index contributed by atoms with van der Waals surface area (Å²) in [4.78, 5) is 0. The number of benzene rings is 1. The molecule has 1 aromatic rings. The van der Waals surface area contributed by atoms with Crippen molar-refractivity contribution in [3.05, 3.63) is 34.9 Å². The summed E-state index contributed by atoms with van der Waals surface area (Å²) < 4.78 is 27.1. The van der Waals surface area contributed by atoms with Crippen molar-refractivity contribution in [1.29, 1.82) is 0 Å².